The molecule has 5 heteroatoms. The molecule has 0 N–H and O–H groups in total. The molecule has 2 heterocycles. The molecule has 0 saturated carbocycles. The number of rotatable bonds is 3. The van der Waals surface area contributed by atoms with Gasteiger partial charge >= 0.3 is 0 Å². The molecule has 2 aliphatic heterocycles. The molecule has 0 atom stereocenters. The quantitative estimate of drug-likeness (QED) is 0.790. The number of fused-ring (bicyclic) bond motifs is 1. The van der Waals surface area contributed by atoms with Crippen molar-refractivity contribution >= 4 is 5.91 Å². The van der Waals surface area contributed by atoms with Gasteiger partial charge in [0, 0.05) is 50.3 Å². The van der Waals surface area contributed by atoms with E-state index in [-0.39, 0.29) is 12.7 Å². The van der Waals surface area contributed by atoms with Gasteiger partial charge in [0.25, 0.3) is 5.91 Å². The van der Waals surface area contributed by atoms with Gasteiger partial charge < -0.3 is 14.4 Å². The van der Waals surface area contributed by atoms with E-state index >= 15 is 0 Å². The molecule has 1 aromatic carbocycles. The van der Waals surface area contributed by atoms with E-state index in [1.54, 1.807) is 0 Å². The number of amides is 1. The highest BCUT2D eigenvalue weighted by Crippen LogP contribution is 2.25. The first-order chi connectivity index (χ1) is 10.8. The Labute approximate surface area is 130 Å². The number of carbonyl (C=O) groups is 1. The Kier molecular flexibility index (Phi) is 4.62. The number of hydrogen-bond acceptors (Lipinski definition) is 4. The van der Waals surface area contributed by atoms with Crippen molar-refractivity contribution in [3.8, 4) is 18.1 Å². The molecule has 1 amide bonds. The van der Waals surface area contributed by atoms with Crippen molar-refractivity contribution < 1.29 is 14.3 Å². The van der Waals surface area contributed by atoms with E-state index in [4.69, 9.17) is 15.9 Å². The van der Waals surface area contributed by atoms with Gasteiger partial charge in [-0.15, -0.1) is 12.3 Å². The van der Waals surface area contributed by atoms with Crippen molar-refractivity contribution in [2.75, 3.05) is 39.5 Å². The van der Waals surface area contributed by atoms with Crippen molar-refractivity contribution in [1.29, 1.82) is 0 Å². The van der Waals surface area contributed by atoms with E-state index in [2.05, 4.69) is 10.8 Å². The molecule has 0 bridgehead atoms. The van der Waals surface area contributed by atoms with Crippen LogP contribution in [-0.2, 0) is 11.3 Å². The highest BCUT2D eigenvalue weighted by molar-refractivity contribution is 5.94. The van der Waals surface area contributed by atoms with Gasteiger partial charge in [-0.05, 0) is 18.2 Å². The Morgan fingerprint density at radius 1 is 1.27 bits per heavy atom. The first kappa shape index (κ1) is 14.9. The summed E-state index contributed by atoms with van der Waals surface area (Å²) in [5, 5.41) is 0. The van der Waals surface area contributed by atoms with Crippen molar-refractivity contribution in [2.45, 2.75) is 13.0 Å². The number of benzene rings is 1. The third-order valence-corrected chi connectivity index (χ3v) is 4.09. The maximum Gasteiger partial charge on any atom is 0.253 e. The maximum absolute atomic E-state index is 12.6. The average molecular weight is 300 g/mol. The minimum atomic E-state index is 0.0740. The van der Waals surface area contributed by atoms with Crippen LogP contribution in [0.15, 0.2) is 18.2 Å². The lowest BCUT2D eigenvalue weighted by Crippen LogP contribution is -2.48. The molecule has 0 aliphatic carbocycles. The van der Waals surface area contributed by atoms with E-state index in [9.17, 15) is 4.79 Å². The molecule has 0 aromatic heterocycles. The minimum Gasteiger partial charge on any atom is -0.467 e. The first-order valence-electron chi connectivity index (χ1n) is 7.56. The average Bonchev–Trinajstić information content (AvgIpc) is 2.59. The molecule has 1 saturated heterocycles. The van der Waals surface area contributed by atoms with Gasteiger partial charge in [-0.3, -0.25) is 9.69 Å². The fourth-order valence-corrected chi connectivity index (χ4v) is 2.80. The smallest absolute Gasteiger partial charge is 0.253 e. The Bertz CT molecular complexity index is 586. The van der Waals surface area contributed by atoms with Crippen LogP contribution in [0, 0.1) is 12.3 Å². The Balaban J connectivity index is 1.62. The molecule has 22 heavy (non-hydrogen) atoms. The summed E-state index contributed by atoms with van der Waals surface area (Å²) < 4.78 is 10.6. The number of piperazine rings is 1. The van der Waals surface area contributed by atoms with Crippen LogP contribution in [0.25, 0.3) is 0 Å². The van der Waals surface area contributed by atoms with Crippen LogP contribution in [0.3, 0.4) is 0 Å². The fourth-order valence-electron chi connectivity index (χ4n) is 2.80. The summed E-state index contributed by atoms with van der Waals surface area (Å²) in [7, 11) is 0. The van der Waals surface area contributed by atoms with Crippen LogP contribution in [0.1, 0.15) is 22.3 Å². The van der Waals surface area contributed by atoms with E-state index in [1.807, 2.05) is 23.1 Å². The predicted octanol–water partition coefficient (Wildman–Crippen LogP) is 1.33. The normalized spacial score (nSPS) is 18.2. The number of ether oxygens (including phenoxy) is 2. The SMILES string of the molecule is C#CCCN1CCN(C(=O)c2ccc3c(c2)COCO3)CC1. The van der Waals surface area contributed by atoms with Gasteiger partial charge in [-0.2, -0.15) is 0 Å². The summed E-state index contributed by atoms with van der Waals surface area (Å²) in [6, 6.07) is 5.56. The molecule has 1 aromatic rings. The van der Waals surface area contributed by atoms with Gasteiger partial charge in [-0.25, -0.2) is 0 Å². The highest BCUT2D eigenvalue weighted by Gasteiger charge is 2.23. The standard InChI is InChI=1S/C17H20N2O3/c1-2-3-6-18-7-9-19(10-8-18)17(20)14-4-5-16-15(11-14)12-21-13-22-16/h1,4-5,11H,3,6-10,12-13H2. The molecule has 0 spiro atoms. The number of carbonyl (C=O) groups excluding carboxylic acids is 1. The molecular formula is C17H20N2O3. The Hall–Kier alpha value is -2.03. The summed E-state index contributed by atoms with van der Waals surface area (Å²) in [5.74, 6) is 3.54. The lowest BCUT2D eigenvalue weighted by molar-refractivity contribution is -0.0164. The molecule has 0 radical (unpaired) electrons. The second-order valence-corrected chi connectivity index (χ2v) is 5.52. The van der Waals surface area contributed by atoms with Crippen LogP contribution in [0.2, 0.25) is 0 Å². The lowest BCUT2D eigenvalue weighted by atomic mass is 10.1. The monoisotopic (exact) mass is 300 g/mol. The largest absolute Gasteiger partial charge is 0.467 e. The number of hydrogen-bond donors (Lipinski definition) is 0. The molecule has 5 nitrogen and oxygen atoms in total. The van der Waals surface area contributed by atoms with Crippen molar-refractivity contribution in [1.82, 2.24) is 9.80 Å². The van der Waals surface area contributed by atoms with Gasteiger partial charge in [0.2, 0.25) is 0 Å². The van der Waals surface area contributed by atoms with Crippen LogP contribution in [0.5, 0.6) is 5.75 Å². The second-order valence-electron chi connectivity index (χ2n) is 5.52. The van der Waals surface area contributed by atoms with Crippen molar-refractivity contribution in [2.24, 2.45) is 0 Å². The molecule has 2 aliphatic rings. The Morgan fingerprint density at radius 2 is 2.09 bits per heavy atom. The minimum absolute atomic E-state index is 0.0740. The van der Waals surface area contributed by atoms with Crippen LogP contribution < -0.4 is 4.74 Å². The lowest BCUT2D eigenvalue weighted by Gasteiger charge is -2.34. The fraction of sp³-hybridized carbons (Fsp3) is 0.471. The van der Waals surface area contributed by atoms with Gasteiger partial charge in [-0.1, -0.05) is 0 Å². The second kappa shape index (κ2) is 6.82. The highest BCUT2D eigenvalue weighted by atomic mass is 16.7. The summed E-state index contributed by atoms with van der Waals surface area (Å²) in [6.45, 7) is 4.93. The zero-order valence-electron chi connectivity index (χ0n) is 12.6. The van der Waals surface area contributed by atoms with E-state index in [0.717, 1.165) is 50.5 Å². The van der Waals surface area contributed by atoms with E-state index in [1.165, 1.54) is 0 Å². The molecule has 1 fully saturated rings. The summed E-state index contributed by atoms with van der Waals surface area (Å²) in [4.78, 5) is 16.8. The van der Waals surface area contributed by atoms with Gasteiger partial charge in [0.05, 0.1) is 6.61 Å². The molecule has 116 valence electrons. The third-order valence-electron chi connectivity index (χ3n) is 4.09. The maximum atomic E-state index is 12.6. The van der Waals surface area contributed by atoms with Gasteiger partial charge in [0.1, 0.15) is 5.75 Å². The molecule has 3 rings (SSSR count). The van der Waals surface area contributed by atoms with Gasteiger partial charge in [0.15, 0.2) is 6.79 Å². The number of terminal acetylenes is 1. The first-order valence-corrected chi connectivity index (χ1v) is 7.56. The summed E-state index contributed by atoms with van der Waals surface area (Å²) in [5.41, 5.74) is 1.63. The van der Waals surface area contributed by atoms with Crippen molar-refractivity contribution in [3.63, 3.8) is 0 Å². The predicted molar refractivity (Wildman–Crippen MR) is 82.5 cm³/mol. The Morgan fingerprint density at radius 3 is 2.86 bits per heavy atom. The summed E-state index contributed by atoms with van der Waals surface area (Å²) in [6.07, 6.45) is 6.05. The zero-order valence-corrected chi connectivity index (χ0v) is 12.6. The van der Waals surface area contributed by atoms with Crippen LogP contribution >= 0.6 is 0 Å². The topological polar surface area (TPSA) is 42.0 Å². The van der Waals surface area contributed by atoms with Crippen LogP contribution in [0.4, 0.5) is 0 Å². The van der Waals surface area contributed by atoms with E-state index in [0.29, 0.717) is 12.2 Å². The third kappa shape index (κ3) is 3.24. The molecular weight excluding hydrogens is 280 g/mol. The summed E-state index contributed by atoms with van der Waals surface area (Å²) >= 11 is 0. The van der Waals surface area contributed by atoms with Crippen molar-refractivity contribution in [3.05, 3.63) is 29.3 Å². The number of nitrogens with zero attached hydrogens (tertiary/aromatic N) is 2. The molecule has 0 unspecified atom stereocenters. The van der Waals surface area contributed by atoms with E-state index < -0.39 is 0 Å². The van der Waals surface area contributed by atoms with Crippen LogP contribution in [-0.4, -0.2) is 55.2 Å². The zero-order chi connectivity index (χ0) is 15.4.